The summed E-state index contributed by atoms with van der Waals surface area (Å²) in [7, 11) is 0. The largest absolute Gasteiger partial charge is 0.369 e. The van der Waals surface area contributed by atoms with E-state index in [0.717, 1.165) is 37.6 Å². The SMILES string of the molecule is CCCN(CC)c1cnc(C(C)C)nc1CNC1CC1. The lowest BCUT2D eigenvalue weighted by atomic mass is 10.2. The summed E-state index contributed by atoms with van der Waals surface area (Å²) < 4.78 is 0. The number of rotatable bonds is 8. The Hall–Kier alpha value is -1.16. The van der Waals surface area contributed by atoms with Crippen molar-refractivity contribution in [2.75, 3.05) is 18.0 Å². The molecule has 1 aromatic heterocycles. The normalized spacial score (nSPS) is 14.8. The zero-order valence-electron chi connectivity index (χ0n) is 13.3. The smallest absolute Gasteiger partial charge is 0.131 e. The molecule has 1 N–H and O–H groups in total. The van der Waals surface area contributed by atoms with Gasteiger partial charge >= 0.3 is 0 Å². The molecule has 0 unspecified atom stereocenters. The second kappa shape index (κ2) is 7.02. The van der Waals surface area contributed by atoms with Crippen LogP contribution < -0.4 is 10.2 Å². The van der Waals surface area contributed by atoms with Gasteiger partial charge in [-0.1, -0.05) is 20.8 Å². The van der Waals surface area contributed by atoms with E-state index in [-0.39, 0.29) is 0 Å². The second-order valence-electron chi connectivity index (χ2n) is 5.95. The van der Waals surface area contributed by atoms with Crippen molar-refractivity contribution in [3.8, 4) is 0 Å². The van der Waals surface area contributed by atoms with Gasteiger partial charge in [-0.3, -0.25) is 0 Å². The molecule has 20 heavy (non-hydrogen) atoms. The summed E-state index contributed by atoms with van der Waals surface area (Å²) in [5.74, 6) is 1.33. The lowest BCUT2D eigenvalue weighted by molar-refractivity contribution is 0.652. The lowest BCUT2D eigenvalue weighted by Gasteiger charge is -2.25. The maximum Gasteiger partial charge on any atom is 0.131 e. The third-order valence-corrected chi connectivity index (χ3v) is 3.73. The highest BCUT2D eigenvalue weighted by Crippen LogP contribution is 2.23. The molecule has 1 aliphatic carbocycles. The molecule has 0 atom stereocenters. The molecule has 112 valence electrons. The topological polar surface area (TPSA) is 41.1 Å². The number of aromatic nitrogens is 2. The molecule has 0 bridgehead atoms. The van der Waals surface area contributed by atoms with Crippen LogP contribution in [0.15, 0.2) is 6.20 Å². The molecule has 4 heteroatoms. The molecule has 1 fully saturated rings. The second-order valence-corrected chi connectivity index (χ2v) is 5.95. The predicted octanol–water partition coefficient (Wildman–Crippen LogP) is 3.09. The van der Waals surface area contributed by atoms with Crippen LogP contribution in [-0.2, 0) is 6.54 Å². The summed E-state index contributed by atoms with van der Waals surface area (Å²) in [6, 6.07) is 0.710. The molecule has 1 saturated carbocycles. The van der Waals surface area contributed by atoms with E-state index in [4.69, 9.17) is 4.98 Å². The fraction of sp³-hybridized carbons (Fsp3) is 0.750. The fourth-order valence-electron chi connectivity index (χ4n) is 2.35. The minimum absolute atomic E-state index is 0.380. The molecule has 0 spiro atoms. The molecule has 0 amide bonds. The standard InChI is InChI=1S/C16H28N4/c1-5-9-20(6-2)15-11-18-16(12(3)4)19-14(15)10-17-13-7-8-13/h11-13,17H,5-10H2,1-4H3. The number of nitrogens with zero attached hydrogens (tertiary/aromatic N) is 3. The highest BCUT2D eigenvalue weighted by atomic mass is 15.2. The molecule has 0 aliphatic heterocycles. The van der Waals surface area contributed by atoms with Crippen LogP contribution in [0.2, 0.25) is 0 Å². The Morgan fingerprint density at radius 1 is 1.35 bits per heavy atom. The molecule has 0 radical (unpaired) electrons. The maximum atomic E-state index is 4.81. The molecular formula is C16H28N4. The molecular weight excluding hydrogens is 248 g/mol. The van der Waals surface area contributed by atoms with E-state index < -0.39 is 0 Å². The van der Waals surface area contributed by atoms with E-state index in [1.807, 2.05) is 6.20 Å². The van der Waals surface area contributed by atoms with Gasteiger partial charge in [-0.05, 0) is 26.2 Å². The van der Waals surface area contributed by atoms with Crippen LogP contribution >= 0.6 is 0 Å². The highest BCUT2D eigenvalue weighted by molar-refractivity contribution is 5.49. The summed E-state index contributed by atoms with van der Waals surface area (Å²) in [4.78, 5) is 11.7. The van der Waals surface area contributed by atoms with Crippen LogP contribution in [0.4, 0.5) is 5.69 Å². The van der Waals surface area contributed by atoms with E-state index >= 15 is 0 Å². The first-order valence-corrected chi connectivity index (χ1v) is 7.99. The van der Waals surface area contributed by atoms with Crippen molar-refractivity contribution in [2.45, 2.75) is 65.5 Å². The van der Waals surface area contributed by atoms with E-state index in [0.29, 0.717) is 12.0 Å². The summed E-state index contributed by atoms with van der Waals surface area (Å²) in [5.41, 5.74) is 2.36. The van der Waals surface area contributed by atoms with Gasteiger partial charge in [0.15, 0.2) is 0 Å². The van der Waals surface area contributed by atoms with Crippen molar-refractivity contribution in [2.24, 2.45) is 0 Å². The average molecular weight is 276 g/mol. The first-order valence-electron chi connectivity index (χ1n) is 7.99. The van der Waals surface area contributed by atoms with Gasteiger partial charge < -0.3 is 10.2 Å². The van der Waals surface area contributed by atoms with E-state index in [1.165, 1.54) is 18.5 Å². The van der Waals surface area contributed by atoms with E-state index in [2.05, 4.69) is 42.9 Å². The molecule has 1 heterocycles. The van der Waals surface area contributed by atoms with Crippen molar-refractivity contribution in [1.82, 2.24) is 15.3 Å². The molecule has 1 aromatic rings. The summed E-state index contributed by atoms with van der Waals surface area (Å²) in [6.07, 6.45) is 5.79. The maximum absolute atomic E-state index is 4.81. The Morgan fingerprint density at radius 2 is 2.10 bits per heavy atom. The van der Waals surface area contributed by atoms with E-state index in [9.17, 15) is 0 Å². The third-order valence-electron chi connectivity index (χ3n) is 3.73. The van der Waals surface area contributed by atoms with Crippen molar-refractivity contribution < 1.29 is 0 Å². The monoisotopic (exact) mass is 276 g/mol. The lowest BCUT2D eigenvalue weighted by Crippen LogP contribution is -2.27. The van der Waals surface area contributed by atoms with Gasteiger partial charge in [-0.2, -0.15) is 0 Å². The van der Waals surface area contributed by atoms with Crippen LogP contribution in [-0.4, -0.2) is 29.1 Å². The third kappa shape index (κ3) is 3.92. The zero-order chi connectivity index (χ0) is 14.5. The quantitative estimate of drug-likeness (QED) is 0.792. The Morgan fingerprint density at radius 3 is 2.65 bits per heavy atom. The fourth-order valence-corrected chi connectivity index (χ4v) is 2.35. The first-order chi connectivity index (χ1) is 9.65. The summed E-state index contributed by atoms with van der Waals surface area (Å²) >= 11 is 0. The van der Waals surface area contributed by atoms with Gasteiger partial charge in [0.05, 0.1) is 17.6 Å². The molecule has 1 aliphatic rings. The summed E-state index contributed by atoms with van der Waals surface area (Å²) in [5, 5.41) is 3.58. The Bertz CT molecular complexity index is 426. The van der Waals surface area contributed by atoms with Crippen molar-refractivity contribution in [1.29, 1.82) is 0 Å². The van der Waals surface area contributed by atoms with E-state index in [1.54, 1.807) is 0 Å². The van der Waals surface area contributed by atoms with Crippen LogP contribution in [0.3, 0.4) is 0 Å². The van der Waals surface area contributed by atoms with Gasteiger partial charge in [0.1, 0.15) is 5.82 Å². The van der Waals surface area contributed by atoms with Gasteiger partial charge in [0, 0.05) is 31.6 Å². The summed E-state index contributed by atoms with van der Waals surface area (Å²) in [6.45, 7) is 11.7. The Balaban J connectivity index is 2.21. The Kier molecular flexibility index (Phi) is 5.35. The Labute approximate surface area is 123 Å². The van der Waals surface area contributed by atoms with Crippen LogP contribution in [0, 0.1) is 0 Å². The van der Waals surface area contributed by atoms with Crippen LogP contribution in [0.25, 0.3) is 0 Å². The number of hydrogen-bond acceptors (Lipinski definition) is 4. The van der Waals surface area contributed by atoms with Crippen molar-refractivity contribution in [3.05, 3.63) is 17.7 Å². The molecule has 0 aromatic carbocycles. The van der Waals surface area contributed by atoms with Gasteiger partial charge in [0.2, 0.25) is 0 Å². The zero-order valence-corrected chi connectivity index (χ0v) is 13.3. The minimum atomic E-state index is 0.380. The minimum Gasteiger partial charge on any atom is -0.369 e. The van der Waals surface area contributed by atoms with Gasteiger partial charge in [0.25, 0.3) is 0 Å². The van der Waals surface area contributed by atoms with Crippen LogP contribution in [0.1, 0.15) is 64.4 Å². The highest BCUT2D eigenvalue weighted by Gasteiger charge is 2.22. The van der Waals surface area contributed by atoms with Crippen LogP contribution in [0.5, 0.6) is 0 Å². The number of nitrogens with one attached hydrogen (secondary N) is 1. The molecule has 0 saturated heterocycles. The average Bonchev–Trinajstić information content (AvgIpc) is 3.26. The molecule has 2 rings (SSSR count). The van der Waals surface area contributed by atoms with Gasteiger partial charge in [-0.25, -0.2) is 9.97 Å². The van der Waals surface area contributed by atoms with Crippen molar-refractivity contribution >= 4 is 5.69 Å². The first kappa shape index (κ1) is 15.2. The molecule has 4 nitrogen and oxygen atoms in total. The van der Waals surface area contributed by atoms with Gasteiger partial charge in [-0.15, -0.1) is 0 Å². The number of anilines is 1. The number of hydrogen-bond donors (Lipinski definition) is 1. The van der Waals surface area contributed by atoms with Crippen molar-refractivity contribution in [3.63, 3.8) is 0 Å². The predicted molar refractivity (Wildman–Crippen MR) is 84.2 cm³/mol.